The molecule has 0 radical (unpaired) electrons. The van der Waals surface area contributed by atoms with E-state index < -0.39 is 0 Å². The summed E-state index contributed by atoms with van der Waals surface area (Å²) in [7, 11) is 0. The van der Waals surface area contributed by atoms with Gasteiger partial charge in [-0.2, -0.15) is 0 Å². The molecule has 2 unspecified atom stereocenters. The van der Waals surface area contributed by atoms with E-state index in [1.165, 1.54) is 37.7 Å². The third-order valence-electron chi connectivity index (χ3n) is 4.77. The molecule has 1 saturated carbocycles. The van der Waals surface area contributed by atoms with Crippen molar-refractivity contribution in [2.24, 2.45) is 0 Å². The van der Waals surface area contributed by atoms with Gasteiger partial charge in [0.2, 0.25) is 0 Å². The molecule has 1 aliphatic heterocycles. The Morgan fingerprint density at radius 2 is 1.89 bits per heavy atom. The Balaban J connectivity index is 1.76. The molecule has 2 nitrogen and oxygen atoms in total. The van der Waals surface area contributed by atoms with E-state index in [-0.39, 0.29) is 11.6 Å². The van der Waals surface area contributed by atoms with Crippen molar-refractivity contribution >= 4 is 0 Å². The third kappa shape index (κ3) is 2.70. The molecule has 0 bridgehead atoms. The van der Waals surface area contributed by atoms with Gasteiger partial charge < -0.3 is 10.1 Å². The van der Waals surface area contributed by atoms with Gasteiger partial charge in [0.05, 0.1) is 12.7 Å². The van der Waals surface area contributed by atoms with Crippen LogP contribution in [-0.2, 0) is 4.74 Å². The van der Waals surface area contributed by atoms with Crippen molar-refractivity contribution in [2.75, 3.05) is 6.61 Å². The van der Waals surface area contributed by atoms with Crippen LogP contribution in [0.2, 0.25) is 0 Å². The maximum Gasteiger partial charge on any atom is 0.0978 e. The second-order valence-electron chi connectivity index (χ2n) is 6.14. The quantitative estimate of drug-likeness (QED) is 0.871. The highest BCUT2D eigenvalue weighted by Crippen LogP contribution is 2.37. The molecule has 1 aromatic carbocycles. The molecule has 1 heterocycles. The van der Waals surface area contributed by atoms with Gasteiger partial charge in [-0.15, -0.1) is 0 Å². The van der Waals surface area contributed by atoms with E-state index in [9.17, 15) is 0 Å². The first-order chi connectivity index (χ1) is 9.33. The van der Waals surface area contributed by atoms with E-state index in [0.717, 1.165) is 13.0 Å². The van der Waals surface area contributed by atoms with Crippen LogP contribution in [0.15, 0.2) is 30.3 Å². The zero-order valence-corrected chi connectivity index (χ0v) is 11.9. The van der Waals surface area contributed by atoms with Gasteiger partial charge in [-0.05, 0) is 24.8 Å². The highest BCUT2D eigenvalue weighted by atomic mass is 16.5. The summed E-state index contributed by atoms with van der Waals surface area (Å²) in [6, 6.07) is 11.1. The summed E-state index contributed by atoms with van der Waals surface area (Å²) in [6.45, 7) is 3.14. The van der Waals surface area contributed by atoms with Gasteiger partial charge in [-0.3, -0.25) is 0 Å². The molecule has 2 heteroatoms. The van der Waals surface area contributed by atoms with Gasteiger partial charge in [-0.1, -0.05) is 56.5 Å². The standard InChI is InChI=1S/C17H25NO/c1-2-15-16(14-9-5-3-6-10-14)19-13-17(18-15)11-7-4-8-12-17/h3,5-6,9-10,15-16,18H,2,4,7-8,11-13H2,1H3. The normalized spacial score (nSPS) is 30.4. The zero-order chi connectivity index (χ0) is 13.1. The van der Waals surface area contributed by atoms with Crippen molar-refractivity contribution in [1.82, 2.24) is 5.32 Å². The molecule has 1 N–H and O–H groups in total. The lowest BCUT2D eigenvalue weighted by Crippen LogP contribution is -2.60. The predicted octanol–water partition coefficient (Wildman–Crippen LogP) is 3.83. The summed E-state index contributed by atoms with van der Waals surface area (Å²) in [5.74, 6) is 0. The number of rotatable bonds is 2. The zero-order valence-electron chi connectivity index (χ0n) is 11.9. The van der Waals surface area contributed by atoms with Gasteiger partial charge in [0.25, 0.3) is 0 Å². The highest BCUT2D eigenvalue weighted by molar-refractivity contribution is 5.20. The summed E-state index contributed by atoms with van der Waals surface area (Å²) in [5, 5.41) is 3.94. The molecule has 19 heavy (non-hydrogen) atoms. The molecule has 2 atom stereocenters. The Hall–Kier alpha value is -0.860. The lowest BCUT2D eigenvalue weighted by Gasteiger charge is -2.48. The van der Waals surface area contributed by atoms with E-state index in [2.05, 4.69) is 42.6 Å². The van der Waals surface area contributed by atoms with Crippen LogP contribution in [0.5, 0.6) is 0 Å². The largest absolute Gasteiger partial charge is 0.370 e. The monoisotopic (exact) mass is 259 g/mol. The van der Waals surface area contributed by atoms with E-state index in [0.29, 0.717) is 6.04 Å². The van der Waals surface area contributed by atoms with Crippen molar-refractivity contribution < 1.29 is 4.74 Å². The Kier molecular flexibility index (Phi) is 3.90. The van der Waals surface area contributed by atoms with Crippen LogP contribution >= 0.6 is 0 Å². The van der Waals surface area contributed by atoms with Crippen molar-refractivity contribution in [3.05, 3.63) is 35.9 Å². The van der Waals surface area contributed by atoms with Crippen LogP contribution in [0.3, 0.4) is 0 Å². The molecule has 1 aromatic rings. The number of benzene rings is 1. The first-order valence-electron chi connectivity index (χ1n) is 7.77. The van der Waals surface area contributed by atoms with Crippen LogP contribution in [-0.4, -0.2) is 18.2 Å². The first-order valence-corrected chi connectivity index (χ1v) is 7.77. The second kappa shape index (κ2) is 5.64. The minimum Gasteiger partial charge on any atom is -0.370 e. The van der Waals surface area contributed by atoms with E-state index in [1.54, 1.807) is 0 Å². The number of nitrogens with one attached hydrogen (secondary N) is 1. The molecule has 0 amide bonds. The fraction of sp³-hybridized carbons (Fsp3) is 0.647. The van der Waals surface area contributed by atoms with Gasteiger partial charge in [0.15, 0.2) is 0 Å². The molecule has 1 aliphatic carbocycles. The number of morpholine rings is 1. The minimum atomic E-state index is 0.221. The molecule has 1 spiro atoms. The number of hydrogen-bond donors (Lipinski definition) is 1. The molecule has 0 aromatic heterocycles. The van der Waals surface area contributed by atoms with Crippen LogP contribution in [0.1, 0.15) is 57.1 Å². The molecular weight excluding hydrogens is 234 g/mol. The van der Waals surface area contributed by atoms with E-state index in [4.69, 9.17) is 4.74 Å². The van der Waals surface area contributed by atoms with Gasteiger partial charge in [-0.25, -0.2) is 0 Å². The summed E-state index contributed by atoms with van der Waals surface area (Å²) in [5.41, 5.74) is 1.58. The second-order valence-corrected chi connectivity index (χ2v) is 6.14. The van der Waals surface area contributed by atoms with Crippen LogP contribution in [0.4, 0.5) is 0 Å². The molecule has 3 rings (SSSR count). The lowest BCUT2D eigenvalue weighted by molar-refractivity contribution is -0.0765. The summed E-state index contributed by atoms with van der Waals surface area (Å²) in [6.07, 6.45) is 8.00. The summed E-state index contributed by atoms with van der Waals surface area (Å²) >= 11 is 0. The van der Waals surface area contributed by atoms with E-state index >= 15 is 0 Å². The maximum atomic E-state index is 6.30. The summed E-state index contributed by atoms with van der Waals surface area (Å²) in [4.78, 5) is 0. The van der Waals surface area contributed by atoms with Crippen molar-refractivity contribution in [3.8, 4) is 0 Å². The number of hydrogen-bond acceptors (Lipinski definition) is 2. The maximum absolute atomic E-state index is 6.30. The Labute approximate surface area is 116 Å². The molecule has 104 valence electrons. The fourth-order valence-electron chi connectivity index (χ4n) is 3.68. The van der Waals surface area contributed by atoms with Crippen LogP contribution in [0, 0.1) is 0 Å². The Bertz CT molecular complexity index is 397. The van der Waals surface area contributed by atoms with Crippen molar-refractivity contribution in [3.63, 3.8) is 0 Å². The molecular formula is C17H25NO. The van der Waals surface area contributed by atoms with Crippen LogP contribution in [0.25, 0.3) is 0 Å². The van der Waals surface area contributed by atoms with Gasteiger partial charge in [0, 0.05) is 11.6 Å². The van der Waals surface area contributed by atoms with E-state index in [1.807, 2.05) is 0 Å². The Morgan fingerprint density at radius 1 is 1.16 bits per heavy atom. The van der Waals surface area contributed by atoms with Crippen molar-refractivity contribution in [2.45, 2.75) is 63.1 Å². The molecule has 2 aliphatic rings. The summed E-state index contributed by atoms with van der Waals surface area (Å²) < 4.78 is 6.30. The predicted molar refractivity (Wildman–Crippen MR) is 78.2 cm³/mol. The topological polar surface area (TPSA) is 21.3 Å². The highest BCUT2D eigenvalue weighted by Gasteiger charge is 2.41. The third-order valence-corrected chi connectivity index (χ3v) is 4.77. The van der Waals surface area contributed by atoms with Crippen LogP contribution < -0.4 is 5.32 Å². The fourth-order valence-corrected chi connectivity index (χ4v) is 3.68. The molecule has 1 saturated heterocycles. The first kappa shape index (κ1) is 13.1. The minimum absolute atomic E-state index is 0.221. The van der Waals surface area contributed by atoms with Crippen molar-refractivity contribution in [1.29, 1.82) is 0 Å². The number of ether oxygens (including phenoxy) is 1. The SMILES string of the molecule is CCC1NC2(CCCCC2)COC1c1ccccc1. The smallest absolute Gasteiger partial charge is 0.0978 e. The lowest BCUT2D eigenvalue weighted by atomic mass is 9.79. The van der Waals surface area contributed by atoms with Gasteiger partial charge >= 0.3 is 0 Å². The Morgan fingerprint density at radius 3 is 2.58 bits per heavy atom. The van der Waals surface area contributed by atoms with Gasteiger partial charge in [0.1, 0.15) is 0 Å². The molecule has 2 fully saturated rings. The average Bonchev–Trinajstić information content (AvgIpc) is 2.49. The average molecular weight is 259 g/mol.